The van der Waals surface area contributed by atoms with Crippen molar-refractivity contribution in [3.8, 4) is 0 Å². The summed E-state index contributed by atoms with van der Waals surface area (Å²) < 4.78 is 12.6. The Bertz CT molecular complexity index is 260. The molecule has 2 N–H and O–H groups in total. The Labute approximate surface area is 70.3 Å². The monoisotopic (exact) mass is 170 g/mol. The third-order valence-electron chi connectivity index (χ3n) is 1.65. The van der Waals surface area contributed by atoms with Crippen molar-refractivity contribution >= 4 is 0 Å². The third-order valence-corrected chi connectivity index (χ3v) is 1.65. The predicted molar refractivity (Wildman–Crippen MR) is 43.0 cm³/mol. The summed E-state index contributed by atoms with van der Waals surface area (Å²) in [5, 5.41) is 18.3. The van der Waals surface area contributed by atoms with Gasteiger partial charge in [0.25, 0.3) is 0 Å². The molecule has 0 amide bonds. The first kappa shape index (κ1) is 9.16. The summed E-state index contributed by atoms with van der Waals surface area (Å²) in [6.45, 7) is 1.45. The molecular formula is C9H11FO2. The van der Waals surface area contributed by atoms with Crippen LogP contribution in [0.1, 0.15) is 18.6 Å². The van der Waals surface area contributed by atoms with Crippen molar-refractivity contribution in [1.82, 2.24) is 0 Å². The van der Waals surface area contributed by atoms with Gasteiger partial charge in [0, 0.05) is 0 Å². The van der Waals surface area contributed by atoms with E-state index >= 15 is 0 Å². The van der Waals surface area contributed by atoms with E-state index < -0.39 is 18.0 Å². The molecule has 0 aromatic heterocycles. The molecule has 0 radical (unpaired) electrons. The van der Waals surface area contributed by atoms with Gasteiger partial charge >= 0.3 is 0 Å². The van der Waals surface area contributed by atoms with Crippen molar-refractivity contribution in [3.05, 3.63) is 35.6 Å². The number of benzene rings is 1. The first-order chi connectivity index (χ1) is 5.61. The van der Waals surface area contributed by atoms with Crippen LogP contribution < -0.4 is 0 Å². The van der Waals surface area contributed by atoms with Crippen molar-refractivity contribution in [2.75, 3.05) is 0 Å². The molecule has 0 aliphatic heterocycles. The highest BCUT2D eigenvalue weighted by Crippen LogP contribution is 2.16. The predicted octanol–water partition coefficient (Wildman–Crippen LogP) is 1.24. The van der Waals surface area contributed by atoms with Gasteiger partial charge in [-0.15, -0.1) is 0 Å². The molecule has 66 valence electrons. The van der Waals surface area contributed by atoms with E-state index in [0.717, 1.165) is 0 Å². The summed E-state index contributed by atoms with van der Waals surface area (Å²) in [6, 6.07) is 5.56. The van der Waals surface area contributed by atoms with Crippen LogP contribution in [0.15, 0.2) is 24.3 Å². The maximum atomic E-state index is 12.6. The molecule has 0 aliphatic carbocycles. The zero-order valence-electron chi connectivity index (χ0n) is 6.74. The molecular weight excluding hydrogens is 159 g/mol. The van der Waals surface area contributed by atoms with Crippen molar-refractivity contribution in [2.45, 2.75) is 19.1 Å². The average Bonchev–Trinajstić information content (AvgIpc) is 2.03. The van der Waals surface area contributed by atoms with E-state index in [1.165, 1.54) is 25.1 Å². The lowest BCUT2D eigenvalue weighted by Gasteiger charge is -2.13. The molecule has 0 bridgehead atoms. The van der Waals surface area contributed by atoms with E-state index in [1.54, 1.807) is 6.07 Å². The number of halogens is 1. The van der Waals surface area contributed by atoms with Gasteiger partial charge in [-0.25, -0.2) is 4.39 Å². The Kier molecular flexibility index (Phi) is 2.78. The Morgan fingerprint density at radius 3 is 2.50 bits per heavy atom. The second-order valence-electron chi connectivity index (χ2n) is 2.74. The lowest BCUT2D eigenvalue weighted by Crippen LogP contribution is -2.13. The smallest absolute Gasteiger partial charge is 0.123 e. The zero-order valence-corrected chi connectivity index (χ0v) is 6.74. The normalized spacial score (nSPS) is 15.7. The highest BCUT2D eigenvalue weighted by molar-refractivity contribution is 5.19. The second kappa shape index (κ2) is 3.65. The Hall–Kier alpha value is -0.930. The molecule has 1 aromatic carbocycles. The van der Waals surface area contributed by atoms with Crippen molar-refractivity contribution in [1.29, 1.82) is 0 Å². The lowest BCUT2D eigenvalue weighted by atomic mass is 10.1. The molecule has 3 heteroatoms. The summed E-state index contributed by atoms with van der Waals surface area (Å²) in [6.07, 6.45) is -1.90. The highest BCUT2D eigenvalue weighted by Gasteiger charge is 2.13. The van der Waals surface area contributed by atoms with Crippen LogP contribution in [0.2, 0.25) is 0 Å². The average molecular weight is 170 g/mol. The van der Waals surface area contributed by atoms with E-state index in [-0.39, 0.29) is 0 Å². The molecule has 0 heterocycles. The highest BCUT2D eigenvalue weighted by atomic mass is 19.1. The Morgan fingerprint density at radius 2 is 2.00 bits per heavy atom. The molecule has 2 atom stereocenters. The molecule has 0 saturated carbocycles. The minimum atomic E-state index is -1.01. The van der Waals surface area contributed by atoms with E-state index in [0.29, 0.717) is 5.56 Å². The van der Waals surface area contributed by atoms with Gasteiger partial charge in [-0.3, -0.25) is 0 Å². The third kappa shape index (κ3) is 2.03. The molecule has 0 aliphatic rings. The SMILES string of the molecule is C[C@H](O)[C@H](O)c1cccc(F)c1. The minimum Gasteiger partial charge on any atom is -0.390 e. The second-order valence-corrected chi connectivity index (χ2v) is 2.74. The van der Waals surface area contributed by atoms with Crippen LogP contribution in [-0.4, -0.2) is 16.3 Å². The largest absolute Gasteiger partial charge is 0.390 e. The Balaban J connectivity index is 2.88. The number of aliphatic hydroxyl groups is 2. The summed E-state index contributed by atoms with van der Waals surface area (Å²) >= 11 is 0. The van der Waals surface area contributed by atoms with Crippen LogP contribution in [0.4, 0.5) is 4.39 Å². The van der Waals surface area contributed by atoms with Gasteiger partial charge in [0.2, 0.25) is 0 Å². The van der Waals surface area contributed by atoms with Gasteiger partial charge < -0.3 is 10.2 Å². The number of hydrogen-bond donors (Lipinski definition) is 2. The molecule has 0 spiro atoms. The first-order valence-electron chi connectivity index (χ1n) is 3.73. The summed E-state index contributed by atoms with van der Waals surface area (Å²) in [5.41, 5.74) is 0.394. The van der Waals surface area contributed by atoms with Gasteiger partial charge in [-0.05, 0) is 24.6 Å². The topological polar surface area (TPSA) is 40.5 Å². The fourth-order valence-electron chi connectivity index (χ4n) is 0.969. The lowest BCUT2D eigenvalue weighted by molar-refractivity contribution is 0.0304. The maximum absolute atomic E-state index is 12.6. The van der Waals surface area contributed by atoms with Crippen LogP contribution >= 0.6 is 0 Å². The molecule has 0 fully saturated rings. The molecule has 1 rings (SSSR count). The van der Waals surface area contributed by atoms with Gasteiger partial charge in [0.1, 0.15) is 11.9 Å². The van der Waals surface area contributed by atoms with E-state index in [9.17, 15) is 9.50 Å². The summed E-state index contributed by atoms with van der Waals surface area (Å²) in [5.74, 6) is -0.410. The summed E-state index contributed by atoms with van der Waals surface area (Å²) in [7, 11) is 0. The van der Waals surface area contributed by atoms with Gasteiger partial charge in [-0.1, -0.05) is 12.1 Å². The summed E-state index contributed by atoms with van der Waals surface area (Å²) in [4.78, 5) is 0. The quantitative estimate of drug-likeness (QED) is 0.701. The fourth-order valence-corrected chi connectivity index (χ4v) is 0.969. The van der Waals surface area contributed by atoms with Crippen molar-refractivity contribution < 1.29 is 14.6 Å². The number of rotatable bonds is 2. The van der Waals surface area contributed by atoms with Crippen LogP contribution in [0.5, 0.6) is 0 Å². The minimum absolute atomic E-state index is 0.394. The van der Waals surface area contributed by atoms with Crippen LogP contribution in [0.3, 0.4) is 0 Å². The van der Waals surface area contributed by atoms with Crippen LogP contribution in [0, 0.1) is 5.82 Å². The van der Waals surface area contributed by atoms with Gasteiger partial charge in [-0.2, -0.15) is 0 Å². The zero-order chi connectivity index (χ0) is 9.14. The standard InChI is InChI=1S/C9H11FO2/c1-6(11)9(12)7-3-2-4-8(10)5-7/h2-6,9,11-12H,1H3/t6-,9-/m0/s1. The molecule has 1 aromatic rings. The molecule has 12 heavy (non-hydrogen) atoms. The van der Waals surface area contributed by atoms with E-state index in [1.807, 2.05) is 0 Å². The van der Waals surface area contributed by atoms with Crippen molar-refractivity contribution in [2.24, 2.45) is 0 Å². The van der Waals surface area contributed by atoms with Gasteiger partial charge in [0.05, 0.1) is 6.10 Å². The molecule has 0 unspecified atom stereocenters. The molecule has 0 saturated heterocycles. The Morgan fingerprint density at radius 1 is 1.33 bits per heavy atom. The van der Waals surface area contributed by atoms with Crippen LogP contribution in [0.25, 0.3) is 0 Å². The van der Waals surface area contributed by atoms with Crippen molar-refractivity contribution in [3.63, 3.8) is 0 Å². The number of aliphatic hydroxyl groups excluding tert-OH is 2. The van der Waals surface area contributed by atoms with E-state index in [2.05, 4.69) is 0 Å². The van der Waals surface area contributed by atoms with Gasteiger partial charge in [0.15, 0.2) is 0 Å². The van der Waals surface area contributed by atoms with Crippen LogP contribution in [-0.2, 0) is 0 Å². The maximum Gasteiger partial charge on any atom is 0.123 e. The number of hydrogen-bond acceptors (Lipinski definition) is 2. The first-order valence-corrected chi connectivity index (χ1v) is 3.73. The van der Waals surface area contributed by atoms with E-state index in [4.69, 9.17) is 5.11 Å². The fraction of sp³-hybridized carbons (Fsp3) is 0.333. The molecule has 2 nitrogen and oxygen atoms in total.